The van der Waals surface area contributed by atoms with Gasteiger partial charge < -0.3 is 5.11 Å². The van der Waals surface area contributed by atoms with Crippen molar-refractivity contribution >= 4 is 34.6 Å². The summed E-state index contributed by atoms with van der Waals surface area (Å²) in [6.45, 7) is 5.32. The zero-order valence-electron chi connectivity index (χ0n) is 20.5. The van der Waals surface area contributed by atoms with E-state index in [9.17, 15) is 24.3 Å². The Morgan fingerprint density at radius 3 is 2.43 bits per heavy atom. The number of nitrogens with zero attached hydrogens (tertiary/aromatic N) is 2. The fourth-order valence-corrected chi connectivity index (χ4v) is 6.82. The number of benzene rings is 1. The highest BCUT2D eigenvalue weighted by atomic mass is 16.4. The van der Waals surface area contributed by atoms with Gasteiger partial charge in [0.1, 0.15) is 5.54 Å². The Morgan fingerprint density at radius 2 is 1.80 bits per heavy atom. The second-order valence-corrected chi connectivity index (χ2v) is 10.8. The molecule has 0 bridgehead atoms. The molecule has 5 rings (SSSR count). The molecule has 3 heterocycles. The molecule has 1 saturated carbocycles. The van der Waals surface area contributed by atoms with Crippen LogP contribution in [0.1, 0.15) is 75.7 Å². The molecule has 4 atom stereocenters. The number of carbonyl (C=O) groups excluding carboxylic acids is 3. The molecular weight excluding hydrogens is 446 g/mol. The van der Waals surface area contributed by atoms with E-state index in [1.54, 1.807) is 6.20 Å². The summed E-state index contributed by atoms with van der Waals surface area (Å²) in [6.07, 6.45) is 6.47. The van der Waals surface area contributed by atoms with Crippen LogP contribution in [0.15, 0.2) is 30.5 Å². The number of carboxylic acids is 1. The number of imide groups is 1. The van der Waals surface area contributed by atoms with Gasteiger partial charge in [0, 0.05) is 30.6 Å². The van der Waals surface area contributed by atoms with Crippen LogP contribution in [-0.2, 0) is 14.4 Å². The summed E-state index contributed by atoms with van der Waals surface area (Å²) in [5.41, 5.74) is -0.172. The van der Waals surface area contributed by atoms with Crippen LogP contribution >= 0.6 is 0 Å². The van der Waals surface area contributed by atoms with E-state index in [1.165, 1.54) is 16.4 Å². The lowest BCUT2D eigenvalue weighted by atomic mass is 9.75. The van der Waals surface area contributed by atoms with E-state index < -0.39 is 29.4 Å². The van der Waals surface area contributed by atoms with Gasteiger partial charge in [-0.15, -0.1) is 0 Å². The molecule has 35 heavy (non-hydrogen) atoms. The Morgan fingerprint density at radius 1 is 1.11 bits per heavy atom. The first kappa shape index (κ1) is 23.7. The molecule has 1 aliphatic carbocycles. The van der Waals surface area contributed by atoms with Gasteiger partial charge in [0.25, 0.3) is 0 Å². The predicted octanol–water partition coefficient (Wildman–Crippen LogP) is 3.75. The third-order valence-corrected chi connectivity index (χ3v) is 8.16. The van der Waals surface area contributed by atoms with Gasteiger partial charge in [0.05, 0.1) is 17.4 Å². The number of carboxylic acid groups (broad SMARTS) is 1. The average molecular weight is 480 g/mol. The van der Waals surface area contributed by atoms with Gasteiger partial charge in [-0.1, -0.05) is 51.3 Å². The number of carbonyl (C=O) groups is 4. The number of hydrogen-bond donors (Lipinski definition) is 2. The molecule has 3 fully saturated rings. The molecule has 4 unspecified atom stereocenters. The normalized spacial score (nSPS) is 29.4. The van der Waals surface area contributed by atoms with Crippen molar-refractivity contribution in [3.05, 3.63) is 36.0 Å². The highest BCUT2D eigenvalue weighted by molar-refractivity contribution is 6.10. The summed E-state index contributed by atoms with van der Waals surface area (Å²) in [4.78, 5) is 54.5. The fraction of sp³-hybridized carbons (Fsp3) is 0.556. The van der Waals surface area contributed by atoms with E-state index in [0.29, 0.717) is 11.1 Å². The fourth-order valence-electron chi connectivity index (χ4n) is 6.82. The molecule has 2 saturated heterocycles. The number of rotatable bonds is 5. The zero-order valence-corrected chi connectivity index (χ0v) is 20.5. The number of aliphatic carboxylic acids is 1. The number of amides is 2. The van der Waals surface area contributed by atoms with Crippen molar-refractivity contribution < 1.29 is 24.3 Å². The second-order valence-electron chi connectivity index (χ2n) is 10.8. The van der Waals surface area contributed by atoms with Crippen LogP contribution in [0.25, 0.3) is 10.9 Å². The summed E-state index contributed by atoms with van der Waals surface area (Å²) in [5, 5.41) is 14.6. The number of hydrogen-bond acceptors (Lipinski definition) is 5. The molecule has 0 radical (unpaired) electrons. The molecule has 2 amide bonds. The number of aromatic nitrogens is 1. The lowest BCUT2D eigenvalue weighted by Crippen LogP contribution is -2.57. The van der Waals surface area contributed by atoms with Crippen molar-refractivity contribution in [2.45, 2.75) is 76.9 Å². The zero-order chi connectivity index (χ0) is 25.1. The van der Waals surface area contributed by atoms with E-state index in [-0.39, 0.29) is 36.1 Å². The summed E-state index contributed by atoms with van der Waals surface area (Å²) in [6, 6.07) is 6.55. The third kappa shape index (κ3) is 3.53. The van der Waals surface area contributed by atoms with Gasteiger partial charge in [-0.3, -0.25) is 34.0 Å². The van der Waals surface area contributed by atoms with Gasteiger partial charge in [-0.05, 0) is 36.8 Å². The summed E-state index contributed by atoms with van der Waals surface area (Å²) >= 11 is 0. The molecule has 1 aromatic heterocycles. The Bertz CT molecular complexity index is 1210. The van der Waals surface area contributed by atoms with Crippen molar-refractivity contribution in [3.8, 4) is 0 Å². The first-order valence-corrected chi connectivity index (χ1v) is 12.7. The Balaban J connectivity index is 1.68. The van der Waals surface area contributed by atoms with Crippen LogP contribution in [0.2, 0.25) is 0 Å². The minimum Gasteiger partial charge on any atom is -0.480 e. The van der Waals surface area contributed by atoms with Crippen molar-refractivity contribution in [2.75, 3.05) is 0 Å². The van der Waals surface area contributed by atoms with Crippen LogP contribution in [0.4, 0.5) is 0 Å². The predicted molar refractivity (Wildman–Crippen MR) is 130 cm³/mol. The summed E-state index contributed by atoms with van der Waals surface area (Å²) in [7, 11) is 0. The van der Waals surface area contributed by atoms with E-state index in [0.717, 1.165) is 37.5 Å². The van der Waals surface area contributed by atoms with Crippen LogP contribution in [0.3, 0.4) is 0 Å². The monoisotopic (exact) mass is 479 g/mol. The van der Waals surface area contributed by atoms with Crippen molar-refractivity contribution in [1.82, 2.24) is 14.8 Å². The molecular formula is C27H33N3O5. The quantitative estimate of drug-likeness (QED) is 0.633. The van der Waals surface area contributed by atoms with E-state index >= 15 is 0 Å². The van der Waals surface area contributed by atoms with Crippen LogP contribution in [0, 0.1) is 17.8 Å². The van der Waals surface area contributed by atoms with Crippen molar-refractivity contribution in [1.29, 1.82) is 0 Å². The molecule has 2 aromatic rings. The Kier molecular flexibility index (Phi) is 5.82. The number of fused-ring (bicyclic) bond motifs is 2. The summed E-state index contributed by atoms with van der Waals surface area (Å²) in [5.74, 6) is -3.75. The lowest BCUT2D eigenvalue weighted by Gasteiger charge is -2.35. The van der Waals surface area contributed by atoms with Gasteiger partial charge >= 0.3 is 5.97 Å². The molecule has 2 N–H and O–H groups in total. The maximum absolute atomic E-state index is 14.0. The first-order chi connectivity index (χ1) is 16.7. The number of para-hydroxylation sites is 1. The highest BCUT2D eigenvalue weighted by Crippen LogP contribution is 2.53. The molecule has 8 nitrogen and oxygen atoms in total. The third-order valence-electron chi connectivity index (χ3n) is 8.16. The minimum absolute atomic E-state index is 0.0109. The topological polar surface area (TPSA) is 109 Å². The standard InChI is InChI=1S/C27H33N3O5/c1-15(2)13-27(26(34)35)22-21(24(32)30(25(22)33)17-9-5-4-6-10-17)23(28-27)19-14-29(16(3)31)20-12-8-7-11-18(19)20/h7-8,11-12,14-15,17,21-23,28H,4-6,9-10,13H2,1-3H3,(H,34,35). The average Bonchev–Trinajstić information content (AvgIpc) is 3.44. The van der Waals surface area contributed by atoms with Crippen molar-refractivity contribution in [3.63, 3.8) is 0 Å². The van der Waals surface area contributed by atoms with E-state index in [1.807, 2.05) is 38.1 Å². The largest absolute Gasteiger partial charge is 0.480 e. The van der Waals surface area contributed by atoms with E-state index in [4.69, 9.17) is 0 Å². The first-order valence-electron chi connectivity index (χ1n) is 12.7. The molecule has 8 heteroatoms. The minimum atomic E-state index is -1.56. The number of nitrogens with one attached hydrogen (secondary N) is 1. The smallest absolute Gasteiger partial charge is 0.324 e. The summed E-state index contributed by atoms with van der Waals surface area (Å²) < 4.78 is 1.53. The Hall–Kier alpha value is -3.00. The highest BCUT2D eigenvalue weighted by Gasteiger charge is 2.69. The lowest BCUT2D eigenvalue weighted by molar-refractivity contribution is -0.153. The van der Waals surface area contributed by atoms with Crippen LogP contribution < -0.4 is 5.32 Å². The van der Waals surface area contributed by atoms with Crippen LogP contribution in [0.5, 0.6) is 0 Å². The van der Waals surface area contributed by atoms with Gasteiger partial charge in [0.15, 0.2) is 0 Å². The molecule has 0 spiro atoms. The van der Waals surface area contributed by atoms with Crippen LogP contribution in [-0.4, -0.2) is 49.8 Å². The van der Waals surface area contributed by atoms with Crippen molar-refractivity contribution in [2.24, 2.45) is 17.8 Å². The van der Waals surface area contributed by atoms with Gasteiger partial charge in [-0.2, -0.15) is 0 Å². The maximum Gasteiger partial charge on any atom is 0.324 e. The molecule has 2 aliphatic heterocycles. The maximum atomic E-state index is 14.0. The van der Waals surface area contributed by atoms with E-state index in [2.05, 4.69) is 5.32 Å². The molecule has 1 aromatic carbocycles. The van der Waals surface area contributed by atoms with Gasteiger partial charge in [0.2, 0.25) is 17.7 Å². The number of likely N-dealkylation sites (tertiary alicyclic amines) is 1. The molecule has 186 valence electrons. The SMILES string of the molecule is CC(=O)n1cc(C2NC(CC(C)C)(C(=O)O)C3C(=O)N(C4CCCCC4)C(=O)C23)c2ccccc21. The molecule has 3 aliphatic rings. The Labute approximate surface area is 204 Å². The van der Waals surface area contributed by atoms with Gasteiger partial charge in [-0.25, -0.2) is 0 Å². The second kappa shape index (κ2) is 8.59.